The third-order valence-corrected chi connectivity index (χ3v) is 5.39. The zero-order valence-corrected chi connectivity index (χ0v) is 14.5. The maximum absolute atomic E-state index is 12.3. The molecule has 0 aromatic heterocycles. The molecule has 4 rings (SSSR count). The molecule has 0 saturated carbocycles. The van der Waals surface area contributed by atoms with E-state index in [0.717, 1.165) is 50.3 Å². The Balaban J connectivity index is 0.00000169. The Labute approximate surface area is 148 Å². The number of hydrogen-bond donors (Lipinski definition) is 2. The molecule has 1 aromatic carbocycles. The lowest BCUT2D eigenvalue weighted by molar-refractivity contribution is -0.130. The lowest BCUT2D eigenvalue weighted by atomic mass is 10.0. The molecular formula is C18H24ClN3O2. The average molecular weight is 350 g/mol. The smallest absolute Gasteiger partial charge is 0.228 e. The second kappa shape index (κ2) is 7.11. The van der Waals surface area contributed by atoms with Crippen molar-refractivity contribution >= 4 is 29.9 Å². The molecule has 130 valence electrons. The number of anilines is 1. The molecule has 24 heavy (non-hydrogen) atoms. The largest absolute Gasteiger partial charge is 0.342 e. The van der Waals surface area contributed by atoms with Gasteiger partial charge in [0.05, 0.1) is 6.42 Å². The van der Waals surface area contributed by atoms with Gasteiger partial charge in [-0.2, -0.15) is 0 Å². The van der Waals surface area contributed by atoms with Crippen LogP contribution in [0.25, 0.3) is 0 Å². The number of hydrogen-bond acceptors (Lipinski definition) is 3. The number of carbonyl (C=O) groups excluding carboxylic acids is 2. The van der Waals surface area contributed by atoms with Gasteiger partial charge in [0.25, 0.3) is 0 Å². The molecule has 3 aliphatic heterocycles. The highest BCUT2D eigenvalue weighted by molar-refractivity contribution is 5.99. The Bertz CT molecular complexity index is 637. The Morgan fingerprint density at radius 2 is 1.96 bits per heavy atom. The number of carbonyl (C=O) groups is 2. The summed E-state index contributed by atoms with van der Waals surface area (Å²) in [5.41, 5.74) is 3.24. The third-order valence-electron chi connectivity index (χ3n) is 5.39. The van der Waals surface area contributed by atoms with Gasteiger partial charge in [0, 0.05) is 38.3 Å². The summed E-state index contributed by atoms with van der Waals surface area (Å²) < 4.78 is 0. The molecule has 2 atom stereocenters. The van der Waals surface area contributed by atoms with E-state index in [-0.39, 0.29) is 18.3 Å². The van der Waals surface area contributed by atoms with Crippen molar-refractivity contribution in [1.82, 2.24) is 10.2 Å². The van der Waals surface area contributed by atoms with Crippen molar-refractivity contribution < 1.29 is 9.59 Å². The Kier molecular flexibility index (Phi) is 5.11. The summed E-state index contributed by atoms with van der Waals surface area (Å²) in [5, 5.41) is 6.26. The van der Waals surface area contributed by atoms with Crippen LogP contribution in [0.3, 0.4) is 0 Å². The Hall–Kier alpha value is -1.59. The van der Waals surface area contributed by atoms with Crippen molar-refractivity contribution in [1.29, 1.82) is 0 Å². The minimum absolute atomic E-state index is 0. The number of benzene rings is 1. The molecule has 0 bridgehead atoms. The number of nitrogens with zero attached hydrogens (tertiary/aromatic N) is 1. The van der Waals surface area contributed by atoms with Crippen LogP contribution in [-0.2, 0) is 22.4 Å². The van der Waals surface area contributed by atoms with Crippen LogP contribution in [0.2, 0.25) is 0 Å². The van der Waals surface area contributed by atoms with E-state index >= 15 is 0 Å². The summed E-state index contributed by atoms with van der Waals surface area (Å²) >= 11 is 0. The fourth-order valence-corrected chi connectivity index (χ4v) is 4.10. The topological polar surface area (TPSA) is 61.4 Å². The van der Waals surface area contributed by atoms with Crippen LogP contribution in [0, 0.1) is 11.8 Å². The van der Waals surface area contributed by atoms with Crippen molar-refractivity contribution in [3.63, 3.8) is 0 Å². The van der Waals surface area contributed by atoms with Crippen LogP contribution in [0.15, 0.2) is 18.2 Å². The summed E-state index contributed by atoms with van der Waals surface area (Å²) in [7, 11) is 0. The molecule has 2 N–H and O–H groups in total. The number of halogens is 1. The second-order valence-corrected chi connectivity index (χ2v) is 7.05. The predicted octanol–water partition coefficient (Wildman–Crippen LogP) is 1.60. The number of rotatable bonds is 4. The fourth-order valence-electron chi connectivity index (χ4n) is 4.10. The number of likely N-dealkylation sites (tertiary alicyclic amines) is 1. The standard InChI is InChI=1S/C18H23N3O2.ClH/c22-17-7-13-6-12(4-5-16(13)20-17)2-1-3-18(23)21-10-14-8-19-9-15(14)11-21;/h4-6,14-15,19H,1-3,7-11H2,(H,20,22);1H/t14-,15+;. The summed E-state index contributed by atoms with van der Waals surface area (Å²) in [6, 6.07) is 6.14. The van der Waals surface area contributed by atoms with E-state index < -0.39 is 0 Å². The first-order valence-electron chi connectivity index (χ1n) is 8.59. The lowest BCUT2D eigenvalue weighted by Gasteiger charge is -2.17. The van der Waals surface area contributed by atoms with Gasteiger partial charge in [-0.3, -0.25) is 9.59 Å². The van der Waals surface area contributed by atoms with Crippen LogP contribution in [0.5, 0.6) is 0 Å². The molecule has 0 spiro atoms. The summed E-state index contributed by atoms with van der Waals surface area (Å²) in [6.45, 7) is 4.00. The molecule has 0 radical (unpaired) electrons. The highest BCUT2D eigenvalue weighted by Crippen LogP contribution is 2.27. The van der Waals surface area contributed by atoms with Gasteiger partial charge >= 0.3 is 0 Å². The Morgan fingerprint density at radius 3 is 2.71 bits per heavy atom. The van der Waals surface area contributed by atoms with Gasteiger partial charge in [-0.05, 0) is 41.9 Å². The van der Waals surface area contributed by atoms with E-state index in [1.54, 1.807) is 0 Å². The van der Waals surface area contributed by atoms with E-state index in [1.807, 2.05) is 6.07 Å². The molecule has 0 unspecified atom stereocenters. The van der Waals surface area contributed by atoms with Crippen molar-refractivity contribution in [2.24, 2.45) is 11.8 Å². The quantitative estimate of drug-likeness (QED) is 0.868. The summed E-state index contributed by atoms with van der Waals surface area (Å²) in [5.74, 6) is 1.71. The molecule has 1 aromatic rings. The molecular weight excluding hydrogens is 326 g/mol. The van der Waals surface area contributed by atoms with Gasteiger partial charge in [0.1, 0.15) is 0 Å². The monoisotopic (exact) mass is 349 g/mol. The maximum Gasteiger partial charge on any atom is 0.228 e. The summed E-state index contributed by atoms with van der Waals surface area (Å²) in [6.07, 6.45) is 2.88. The SMILES string of the molecule is Cl.O=C1Cc2cc(CCCC(=O)N3C[C@H]4CNC[C@H]4C3)ccc2N1. The molecule has 2 saturated heterocycles. The highest BCUT2D eigenvalue weighted by Gasteiger charge is 2.37. The van der Waals surface area contributed by atoms with Gasteiger partial charge in [-0.25, -0.2) is 0 Å². The molecule has 3 aliphatic rings. The zero-order valence-electron chi connectivity index (χ0n) is 13.7. The van der Waals surface area contributed by atoms with Crippen LogP contribution < -0.4 is 10.6 Å². The van der Waals surface area contributed by atoms with Crippen LogP contribution in [0.4, 0.5) is 5.69 Å². The molecule has 5 nitrogen and oxygen atoms in total. The molecule has 2 amide bonds. The van der Waals surface area contributed by atoms with E-state index in [0.29, 0.717) is 30.6 Å². The third kappa shape index (κ3) is 3.42. The van der Waals surface area contributed by atoms with Gasteiger partial charge < -0.3 is 15.5 Å². The number of aryl methyl sites for hydroxylation is 1. The first-order valence-corrected chi connectivity index (χ1v) is 8.59. The van der Waals surface area contributed by atoms with Crippen molar-refractivity contribution in [3.05, 3.63) is 29.3 Å². The lowest BCUT2D eigenvalue weighted by Crippen LogP contribution is -2.31. The van der Waals surface area contributed by atoms with Crippen molar-refractivity contribution in [2.45, 2.75) is 25.7 Å². The molecule has 3 heterocycles. The van der Waals surface area contributed by atoms with Crippen LogP contribution >= 0.6 is 12.4 Å². The maximum atomic E-state index is 12.3. The highest BCUT2D eigenvalue weighted by atomic mass is 35.5. The van der Waals surface area contributed by atoms with Crippen molar-refractivity contribution in [3.8, 4) is 0 Å². The Morgan fingerprint density at radius 1 is 1.21 bits per heavy atom. The van der Waals surface area contributed by atoms with Gasteiger partial charge in [-0.1, -0.05) is 12.1 Å². The zero-order chi connectivity index (χ0) is 15.8. The summed E-state index contributed by atoms with van der Waals surface area (Å²) in [4.78, 5) is 25.8. The van der Waals surface area contributed by atoms with Crippen LogP contribution in [0.1, 0.15) is 24.0 Å². The minimum Gasteiger partial charge on any atom is -0.342 e. The molecule has 0 aliphatic carbocycles. The average Bonchev–Trinajstić information content (AvgIpc) is 3.19. The van der Waals surface area contributed by atoms with E-state index in [4.69, 9.17) is 0 Å². The van der Waals surface area contributed by atoms with Crippen molar-refractivity contribution in [2.75, 3.05) is 31.5 Å². The minimum atomic E-state index is 0. The molecule has 2 fully saturated rings. The van der Waals surface area contributed by atoms with Crippen LogP contribution in [-0.4, -0.2) is 42.9 Å². The normalized spacial score (nSPS) is 24.3. The van der Waals surface area contributed by atoms with Gasteiger partial charge in [-0.15, -0.1) is 12.4 Å². The van der Waals surface area contributed by atoms with E-state index in [9.17, 15) is 9.59 Å². The number of amides is 2. The fraction of sp³-hybridized carbons (Fsp3) is 0.556. The van der Waals surface area contributed by atoms with E-state index in [1.165, 1.54) is 5.56 Å². The molecule has 6 heteroatoms. The first kappa shape index (κ1) is 17.2. The van der Waals surface area contributed by atoms with E-state index in [2.05, 4.69) is 27.7 Å². The van der Waals surface area contributed by atoms with Gasteiger partial charge in [0.2, 0.25) is 11.8 Å². The number of fused-ring (bicyclic) bond motifs is 2. The second-order valence-electron chi connectivity index (χ2n) is 7.05. The predicted molar refractivity (Wildman–Crippen MR) is 95.4 cm³/mol. The van der Waals surface area contributed by atoms with Gasteiger partial charge in [0.15, 0.2) is 0 Å². The first-order chi connectivity index (χ1) is 11.2. The number of nitrogens with one attached hydrogen (secondary N) is 2.